The van der Waals surface area contributed by atoms with E-state index < -0.39 is 10.8 Å². The molecular formula is C19H19N3O5. The zero-order chi connectivity index (χ0) is 19.4. The predicted molar refractivity (Wildman–Crippen MR) is 101 cm³/mol. The van der Waals surface area contributed by atoms with Gasteiger partial charge in [-0.25, -0.2) is 0 Å². The maximum absolute atomic E-state index is 12.5. The van der Waals surface area contributed by atoms with Gasteiger partial charge in [-0.05, 0) is 36.4 Å². The Balaban J connectivity index is 1.81. The first kappa shape index (κ1) is 18.4. The van der Waals surface area contributed by atoms with Crippen molar-refractivity contribution >= 4 is 28.2 Å². The van der Waals surface area contributed by atoms with Crippen LogP contribution >= 0.6 is 0 Å². The lowest BCUT2D eigenvalue weighted by molar-refractivity contribution is -0.385. The highest BCUT2D eigenvalue weighted by Crippen LogP contribution is 2.28. The van der Waals surface area contributed by atoms with Gasteiger partial charge in [-0.15, -0.1) is 0 Å². The van der Waals surface area contributed by atoms with Gasteiger partial charge in [0.05, 0.1) is 18.6 Å². The first-order valence-corrected chi connectivity index (χ1v) is 8.25. The van der Waals surface area contributed by atoms with Gasteiger partial charge in [0, 0.05) is 48.1 Å². The summed E-state index contributed by atoms with van der Waals surface area (Å²) in [6, 6.07) is 11.6. The fourth-order valence-electron chi connectivity index (χ4n) is 2.84. The third-order valence-electron chi connectivity index (χ3n) is 4.20. The zero-order valence-corrected chi connectivity index (χ0v) is 15.0. The quantitative estimate of drug-likeness (QED) is 0.508. The summed E-state index contributed by atoms with van der Waals surface area (Å²) >= 11 is 0. The number of nitro groups is 1. The Morgan fingerprint density at radius 1 is 1.19 bits per heavy atom. The van der Waals surface area contributed by atoms with Crippen molar-refractivity contribution in [2.75, 3.05) is 26.1 Å². The highest BCUT2D eigenvalue weighted by atomic mass is 16.6. The SMILES string of the molecule is COCCn1ccc2cc(NC(=O)c3ccc(OC)c([N+](=O)[O-])c3)ccc21. The van der Waals surface area contributed by atoms with Crippen molar-refractivity contribution in [2.24, 2.45) is 0 Å². The van der Waals surface area contributed by atoms with E-state index in [4.69, 9.17) is 9.47 Å². The van der Waals surface area contributed by atoms with Crippen LogP contribution in [0.2, 0.25) is 0 Å². The highest BCUT2D eigenvalue weighted by molar-refractivity contribution is 6.05. The number of hydrogen-bond acceptors (Lipinski definition) is 5. The van der Waals surface area contributed by atoms with Crippen molar-refractivity contribution in [1.82, 2.24) is 4.57 Å². The number of ether oxygens (including phenoxy) is 2. The fourth-order valence-corrected chi connectivity index (χ4v) is 2.84. The average Bonchev–Trinajstić information content (AvgIpc) is 3.07. The molecule has 0 aliphatic heterocycles. The molecule has 0 aliphatic carbocycles. The highest BCUT2D eigenvalue weighted by Gasteiger charge is 2.18. The molecule has 27 heavy (non-hydrogen) atoms. The molecule has 0 saturated heterocycles. The molecule has 0 spiro atoms. The minimum absolute atomic E-state index is 0.107. The number of aromatic nitrogens is 1. The van der Waals surface area contributed by atoms with Crippen LogP contribution in [0.1, 0.15) is 10.4 Å². The molecule has 3 aromatic rings. The standard InChI is InChI=1S/C19H19N3O5/c1-26-10-9-21-8-7-13-11-15(4-5-16(13)21)20-19(23)14-3-6-18(27-2)17(12-14)22(24)25/h3-8,11-12H,9-10H2,1-2H3,(H,20,23). The van der Waals surface area contributed by atoms with Crippen molar-refractivity contribution in [3.05, 3.63) is 64.3 Å². The number of carbonyl (C=O) groups excluding carboxylic acids is 1. The lowest BCUT2D eigenvalue weighted by Gasteiger charge is -2.08. The maximum Gasteiger partial charge on any atom is 0.311 e. The molecule has 2 aromatic carbocycles. The van der Waals surface area contributed by atoms with E-state index >= 15 is 0 Å². The van der Waals surface area contributed by atoms with Gasteiger partial charge in [0.2, 0.25) is 0 Å². The molecular weight excluding hydrogens is 350 g/mol. The Labute approximate surface area is 155 Å². The summed E-state index contributed by atoms with van der Waals surface area (Å²) in [6.07, 6.45) is 1.96. The van der Waals surface area contributed by atoms with Gasteiger partial charge in [0.15, 0.2) is 5.75 Å². The number of carbonyl (C=O) groups is 1. The molecule has 0 bridgehead atoms. The van der Waals surface area contributed by atoms with Crippen LogP contribution in [-0.4, -0.2) is 36.2 Å². The lowest BCUT2D eigenvalue weighted by atomic mass is 10.1. The maximum atomic E-state index is 12.5. The second-order valence-electron chi connectivity index (χ2n) is 5.87. The third kappa shape index (κ3) is 3.90. The molecule has 1 aromatic heterocycles. The largest absolute Gasteiger partial charge is 0.490 e. The van der Waals surface area contributed by atoms with Crippen LogP contribution in [0.4, 0.5) is 11.4 Å². The number of benzene rings is 2. The van der Waals surface area contributed by atoms with Gasteiger partial charge in [0.1, 0.15) is 0 Å². The number of rotatable bonds is 7. The number of amides is 1. The van der Waals surface area contributed by atoms with Crippen molar-refractivity contribution in [2.45, 2.75) is 6.54 Å². The smallest absolute Gasteiger partial charge is 0.311 e. The summed E-state index contributed by atoms with van der Waals surface area (Å²) in [7, 11) is 3.00. The topological polar surface area (TPSA) is 95.6 Å². The molecule has 1 heterocycles. The number of hydrogen-bond donors (Lipinski definition) is 1. The van der Waals surface area contributed by atoms with Crippen molar-refractivity contribution in [3.8, 4) is 5.75 Å². The van der Waals surface area contributed by atoms with E-state index in [1.54, 1.807) is 13.2 Å². The summed E-state index contributed by atoms with van der Waals surface area (Å²) in [6.45, 7) is 1.35. The van der Waals surface area contributed by atoms with Crippen molar-refractivity contribution < 1.29 is 19.2 Å². The van der Waals surface area contributed by atoms with E-state index in [0.29, 0.717) is 12.3 Å². The van der Waals surface area contributed by atoms with Crippen molar-refractivity contribution in [1.29, 1.82) is 0 Å². The molecule has 0 unspecified atom stereocenters. The van der Waals surface area contributed by atoms with E-state index in [1.165, 1.54) is 25.3 Å². The monoisotopic (exact) mass is 369 g/mol. The van der Waals surface area contributed by atoms with E-state index in [-0.39, 0.29) is 17.0 Å². The first-order valence-electron chi connectivity index (χ1n) is 8.25. The molecule has 3 rings (SSSR count). The molecule has 8 heteroatoms. The van der Waals surface area contributed by atoms with Crippen LogP contribution in [0.3, 0.4) is 0 Å². The molecule has 0 saturated carbocycles. The number of anilines is 1. The molecule has 140 valence electrons. The molecule has 1 N–H and O–H groups in total. The van der Waals surface area contributed by atoms with Gasteiger partial charge >= 0.3 is 5.69 Å². The molecule has 0 fully saturated rings. The van der Waals surface area contributed by atoms with Crippen LogP contribution in [0.15, 0.2) is 48.7 Å². The van der Waals surface area contributed by atoms with Crippen LogP contribution in [0, 0.1) is 10.1 Å². The Bertz CT molecular complexity index is 996. The Kier molecular flexibility index (Phi) is 5.37. The molecule has 8 nitrogen and oxygen atoms in total. The summed E-state index contributed by atoms with van der Waals surface area (Å²) in [5.41, 5.74) is 1.57. The van der Waals surface area contributed by atoms with E-state index in [0.717, 1.165) is 17.4 Å². The van der Waals surface area contributed by atoms with E-state index in [9.17, 15) is 14.9 Å². The number of fused-ring (bicyclic) bond motifs is 1. The van der Waals surface area contributed by atoms with Gasteiger partial charge in [0.25, 0.3) is 5.91 Å². The van der Waals surface area contributed by atoms with Gasteiger partial charge < -0.3 is 19.4 Å². The molecule has 0 aliphatic rings. The minimum atomic E-state index is -0.579. The first-order chi connectivity index (χ1) is 13.0. The molecule has 1 amide bonds. The second kappa shape index (κ2) is 7.88. The van der Waals surface area contributed by atoms with E-state index in [1.807, 2.05) is 24.4 Å². The average molecular weight is 369 g/mol. The van der Waals surface area contributed by atoms with Crippen LogP contribution < -0.4 is 10.1 Å². The van der Waals surface area contributed by atoms with Crippen LogP contribution in [0.5, 0.6) is 5.75 Å². The Morgan fingerprint density at radius 3 is 2.70 bits per heavy atom. The number of nitro benzene ring substituents is 1. The van der Waals surface area contributed by atoms with Crippen LogP contribution in [-0.2, 0) is 11.3 Å². The number of nitrogens with zero attached hydrogens (tertiary/aromatic N) is 2. The van der Waals surface area contributed by atoms with Gasteiger partial charge in [-0.1, -0.05) is 0 Å². The lowest BCUT2D eigenvalue weighted by Crippen LogP contribution is -2.12. The number of nitrogens with one attached hydrogen (secondary N) is 1. The van der Waals surface area contributed by atoms with Crippen molar-refractivity contribution in [3.63, 3.8) is 0 Å². The molecule has 0 atom stereocenters. The molecule has 0 radical (unpaired) electrons. The fraction of sp³-hybridized carbons (Fsp3) is 0.211. The summed E-state index contributed by atoms with van der Waals surface area (Å²) in [5.74, 6) is -0.325. The summed E-state index contributed by atoms with van der Waals surface area (Å²) in [5, 5.41) is 14.9. The van der Waals surface area contributed by atoms with E-state index in [2.05, 4.69) is 9.88 Å². The second-order valence-corrected chi connectivity index (χ2v) is 5.87. The third-order valence-corrected chi connectivity index (χ3v) is 4.20. The minimum Gasteiger partial charge on any atom is -0.490 e. The Hall–Kier alpha value is -3.39. The van der Waals surface area contributed by atoms with Crippen LogP contribution in [0.25, 0.3) is 10.9 Å². The number of methoxy groups -OCH3 is 2. The van der Waals surface area contributed by atoms with Gasteiger partial charge in [-0.3, -0.25) is 14.9 Å². The zero-order valence-electron chi connectivity index (χ0n) is 15.0. The summed E-state index contributed by atoms with van der Waals surface area (Å²) < 4.78 is 12.1. The summed E-state index contributed by atoms with van der Waals surface area (Å²) in [4.78, 5) is 23.0. The normalized spacial score (nSPS) is 10.7. The Morgan fingerprint density at radius 2 is 2.00 bits per heavy atom. The van der Waals surface area contributed by atoms with Gasteiger partial charge in [-0.2, -0.15) is 0 Å². The predicted octanol–water partition coefficient (Wildman–Crippen LogP) is 3.46.